The van der Waals surface area contributed by atoms with Crippen LogP contribution >= 0.6 is 0 Å². The predicted molar refractivity (Wildman–Crippen MR) is 71.3 cm³/mol. The number of aromatic nitrogens is 1. The van der Waals surface area contributed by atoms with Crippen molar-refractivity contribution in [1.82, 2.24) is 4.98 Å². The lowest BCUT2D eigenvalue weighted by Crippen LogP contribution is -2.14. The molecule has 0 aliphatic carbocycles. The molecule has 0 saturated carbocycles. The Labute approximate surface area is 101 Å². The van der Waals surface area contributed by atoms with E-state index in [4.69, 9.17) is 0 Å². The highest BCUT2D eigenvalue weighted by atomic mass is 16.1. The van der Waals surface area contributed by atoms with Gasteiger partial charge < -0.3 is 4.98 Å². The Hall–Kier alpha value is -1.83. The fourth-order valence-electron chi connectivity index (χ4n) is 2.06. The summed E-state index contributed by atoms with van der Waals surface area (Å²) in [5.41, 5.74) is 3.95. The average molecular weight is 227 g/mol. The minimum Gasteiger partial charge on any atom is -0.326 e. The Balaban J connectivity index is 2.65. The van der Waals surface area contributed by atoms with E-state index in [9.17, 15) is 4.79 Å². The van der Waals surface area contributed by atoms with Crippen LogP contribution in [0, 0.1) is 0 Å². The fraction of sp³-hybridized carbons (Fsp3) is 0.267. The lowest BCUT2D eigenvalue weighted by atomic mass is 9.99. The number of benzene rings is 1. The van der Waals surface area contributed by atoms with Gasteiger partial charge in [-0.15, -0.1) is 0 Å². The summed E-state index contributed by atoms with van der Waals surface area (Å²) in [4.78, 5) is 15.1. The highest BCUT2D eigenvalue weighted by Crippen LogP contribution is 2.20. The van der Waals surface area contributed by atoms with Crippen molar-refractivity contribution >= 4 is 0 Å². The summed E-state index contributed by atoms with van der Waals surface area (Å²) in [6.07, 6.45) is 1.73. The van der Waals surface area contributed by atoms with E-state index in [1.54, 1.807) is 0 Å². The molecule has 88 valence electrons. The third-order valence-corrected chi connectivity index (χ3v) is 2.99. The van der Waals surface area contributed by atoms with Gasteiger partial charge in [0.1, 0.15) is 0 Å². The first-order chi connectivity index (χ1) is 8.26. The number of aryl methyl sites for hydroxylation is 2. The predicted octanol–water partition coefficient (Wildman–Crippen LogP) is 3.17. The van der Waals surface area contributed by atoms with Gasteiger partial charge >= 0.3 is 0 Å². The van der Waals surface area contributed by atoms with Gasteiger partial charge in [-0.3, -0.25) is 4.79 Å². The molecule has 2 heteroatoms. The van der Waals surface area contributed by atoms with Gasteiger partial charge in [-0.1, -0.05) is 44.2 Å². The van der Waals surface area contributed by atoms with Crippen LogP contribution in [0.2, 0.25) is 0 Å². The summed E-state index contributed by atoms with van der Waals surface area (Å²) in [6.45, 7) is 4.13. The summed E-state index contributed by atoms with van der Waals surface area (Å²) in [5.74, 6) is 0. The summed E-state index contributed by atoms with van der Waals surface area (Å²) >= 11 is 0. The monoisotopic (exact) mass is 227 g/mol. The smallest absolute Gasteiger partial charge is 0.256 e. The maximum atomic E-state index is 12.1. The van der Waals surface area contributed by atoms with Crippen molar-refractivity contribution in [2.45, 2.75) is 26.7 Å². The number of pyridine rings is 1. The van der Waals surface area contributed by atoms with Crippen LogP contribution in [0.3, 0.4) is 0 Å². The molecule has 1 aromatic heterocycles. The lowest BCUT2D eigenvalue weighted by Gasteiger charge is -2.09. The third-order valence-electron chi connectivity index (χ3n) is 2.99. The van der Waals surface area contributed by atoms with E-state index in [1.165, 1.54) is 0 Å². The Morgan fingerprint density at radius 3 is 2.35 bits per heavy atom. The van der Waals surface area contributed by atoms with Gasteiger partial charge in [0.05, 0.1) is 5.56 Å². The van der Waals surface area contributed by atoms with Crippen LogP contribution in [0.4, 0.5) is 0 Å². The minimum absolute atomic E-state index is 0.0207. The number of rotatable bonds is 3. The van der Waals surface area contributed by atoms with Crippen LogP contribution < -0.4 is 5.56 Å². The summed E-state index contributed by atoms with van der Waals surface area (Å²) in [6, 6.07) is 11.9. The van der Waals surface area contributed by atoms with Crippen molar-refractivity contribution in [3.63, 3.8) is 0 Å². The minimum atomic E-state index is 0.0207. The van der Waals surface area contributed by atoms with Crippen LogP contribution in [-0.4, -0.2) is 4.98 Å². The molecule has 17 heavy (non-hydrogen) atoms. The van der Waals surface area contributed by atoms with Gasteiger partial charge in [0.25, 0.3) is 5.56 Å². The molecule has 0 saturated heterocycles. The van der Waals surface area contributed by atoms with Gasteiger partial charge in [0.15, 0.2) is 0 Å². The van der Waals surface area contributed by atoms with Crippen LogP contribution in [0.1, 0.15) is 25.1 Å². The molecule has 1 heterocycles. The second-order valence-electron chi connectivity index (χ2n) is 4.10. The summed E-state index contributed by atoms with van der Waals surface area (Å²) < 4.78 is 0. The van der Waals surface area contributed by atoms with Crippen molar-refractivity contribution < 1.29 is 0 Å². The molecule has 0 fully saturated rings. The number of hydrogen-bond acceptors (Lipinski definition) is 1. The van der Waals surface area contributed by atoms with Gasteiger partial charge in [-0.2, -0.15) is 0 Å². The second kappa shape index (κ2) is 5.00. The van der Waals surface area contributed by atoms with Gasteiger partial charge in [0, 0.05) is 5.69 Å². The quantitative estimate of drug-likeness (QED) is 0.858. The van der Waals surface area contributed by atoms with E-state index in [-0.39, 0.29) is 5.56 Å². The molecule has 1 N–H and O–H groups in total. The molecule has 0 amide bonds. The van der Waals surface area contributed by atoms with Crippen molar-refractivity contribution in [2.75, 3.05) is 0 Å². The van der Waals surface area contributed by atoms with Gasteiger partial charge in [-0.25, -0.2) is 0 Å². The highest BCUT2D eigenvalue weighted by Gasteiger charge is 2.09. The zero-order valence-corrected chi connectivity index (χ0v) is 10.3. The van der Waals surface area contributed by atoms with Crippen LogP contribution in [0.5, 0.6) is 0 Å². The fourth-order valence-corrected chi connectivity index (χ4v) is 2.06. The first-order valence-corrected chi connectivity index (χ1v) is 6.06. The topological polar surface area (TPSA) is 32.9 Å². The first kappa shape index (κ1) is 11.6. The third kappa shape index (κ3) is 2.31. The number of aromatic amines is 1. The van der Waals surface area contributed by atoms with E-state index >= 15 is 0 Å². The molecule has 0 aliphatic rings. The normalized spacial score (nSPS) is 10.5. The number of H-pyrrole nitrogens is 1. The van der Waals surface area contributed by atoms with E-state index in [0.717, 1.165) is 35.2 Å². The van der Waals surface area contributed by atoms with Gasteiger partial charge in [-0.05, 0) is 30.0 Å². The molecule has 0 unspecified atom stereocenters. The molecule has 0 spiro atoms. The van der Waals surface area contributed by atoms with Gasteiger partial charge in [0.2, 0.25) is 0 Å². The Bertz CT molecular complexity index is 555. The number of nitrogens with one attached hydrogen (secondary N) is 1. The van der Waals surface area contributed by atoms with Crippen LogP contribution in [0.25, 0.3) is 11.1 Å². The molecule has 1 aromatic carbocycles. The average Bonchev–Trinajstić information content (AvgIpc) is 2.38. The molecule has 0 radical (unpaired) electrons. The highest BCUT2D eigenvalue weighted by molar-refractivity contribution is 5.66. The van der Waals surface area contributed by atoms with E-state index in [1.807, 2.05) is 37.3 Å². The standard InChI is InChI=1S/C15H17NO/c1-3-11-10-13(4-2)16-15(17)14(11)12-8-6-5-7-9-12/h5-10H,3-4H2,1-2H3,(H,16,17). The maximum absolute atomic E-state index is 12.1. The molecule has 0 atom stereocenters. The Morgan fingerprint density at radius 2 is 1.76 bits per heavy atom. The zero-order chi connectivity index (χ0) is 12.3. The van der Waals surface area contributed by atoms with Crippen LogP contribution in [-0.2, 0) is 12.8 Å². The first-order valence-electron chi connectivity index (χ1n) is 6.06. The van der Waals surface area contributed by atoms with Crippen LogP contribution in [0.15, 0.2) is 41.2 Å². The molecule has 0 aliphatic heterocycles. The van der Waals surface area contributed by atoms with E-state index in [2.05, 4.69) is 18.0 Å². The largest absolute Gasteiger partial charge is 0.326 e. The second-order valence-corrected chi connectivity index (χ2v) is 4.10. The molecule has 2 nitrogen and oxygen atoms in total. The maximum Gasteiger partial charge on any atom is 0.256 e. The zero-order valence-electron chi connectivity index (χ0n) is 10.3. The summed E-state index contributed by atoms with van der Waals surface area (Å²) in [5, 5.41) is 0. The molecule has 0 bridgehead atoms. The lowest BCUT2D eigenvalue weighted by molar-refractivity contribution is 0.986. The SMILES string of the molecule is CCc1cc(CC)c(-c2ccccc2)c(=O)[nH]1. The molecular weight excluding hydrogens is 210 g/mol. The van der Waals surface area contributed by atoms with E-state index < -0.39 is 0 Å². The Kier molecular flexibility index (Phi) is 3.43. The molecule has 2 rings (SSSR count). The van der Waals surface area contributed by atoms with Crippen molar-refractivity contribution in [3.05, 3.63) is 58.0 Å². The van der Waals surface area contributed by atoms with Crippen molar-refractivity contribution in [1.29, 1.82) is 0 Å². The number of hydrogen-bond donors (Lipinski definition) is 1. The van der Waals surface area contributed by atoms with E-state index in [0.29, 0.717) is 0 Å². The van der Waals surface area contributed by atoms with Crippen molar-refractivity contribution in [2.24, 2.45) is 0 Å². The van der Waals surface area contributed by atoms with Crippen molar-refractivity contribution in [3.8, 4) is 11.1 Å². The molecule has 2 aromatic rings. The molecular formula is C15H17NO. The Morgan fingerprint density at radius 1 is 1.06 bits per heavy atom. The summed E-state index contributed by atoms with van der Waals surface area (Å²) in [7, 11) is 0.